The Labute approximate surface area is 227 Å². The topological polar surface area (TPSA) is 125 Å². The number of methoxy groups -OCH3 is 1. The first-order valence-corrected chi connectivity index (χ1v) is 12.4. The molecule has 0 radical (unpaired) electrons. The van der Waals surface area contributed by atoms with E-state index in [-0.39, 0.29) is 18.8 Å². The molecule has 1 aromatic heterocycles. The second-order valence-electron chi connectivity index (χ2n) is 8.11. The first-order chi connectivity index (χ1) is 17.9. The lowest BCUT2D eigenvalue weighted by molar-refractivity contribution is -0.123. The molecule has 37 heavy (non-hydrogen) atoms. The maximum Gasteiger partial charge on any atom is 0.408 e. The maximum absolute atomic E-state index is 13.1. The monoisotopic (exact) mass is 612 g/mol. The third-order valence-corrected chi connectivity index (χ3v) is 6.40. The van der Waals surface area contributed by atoms with Gasteiger partial charge in [0.05, 0.1) is 16.9 Å². The van der Waals surface area contributed by atoms with E-state index >= 15 is 0 Å². The van der Waals surface area contributed by atoms with E-state index < -0.39 is 18.0 Å². The molecule has 0 bridgehead atoms. The number of hydrazone groups is 1. The zero-order chi connectivity index (χ0) is 26.2. The first-order valence-electron chi connectivity index (χ1n) is 11.4. The minimum atomic E-state index is -0.950. The molecule has 3 aromatic carbocycles. The summed E-state index contributed by atoms with van der Waals surface area (Å²) in [4.78, 5) is 28.8. The number of amides is 2. The Morgan fingerprint density at radius 3 is 2.68 bits per heavy atom. The van der Waals surface area contributed by atoms with Crippen LogP contribution in [0.1, 0.15) is 16.7 Å². The van der Waals surface area contributed by atoms with Crippen LogP contribution in [0.5, 0.6) is 11.5 Å². The van der Waals surface area contributed by atoms with Gasteiger partial charge in [0.25, 0.3) is 5.91 Å². The molecule has 1 atom stereocenters. The van der Waals surface area contributed by atoms with Crippen LogP contribution in [0.25, 0.3) is 10.9 Å². The number of aromatic nitrogens is 1. The standard InChI is InChI=1S/C27H25IN4O5/c1-36-24-12-18(11-21(28)25(24)33)14-30-32-26(34)23(13-19-15-29-22-10-6-5-9-20(19)22)31-27(35)37-16-17-7-3-2-4-8-17/h2-12,14-15,23,29,33H,13,16H2,1H3,(H,31,35)(H,32,34)/b30-14-/t23-/m0/s1. The number of nitrogens with zero attached hydrogens (tertiary/aromatic N) is 1. The van der Waals surface area contributed by atoms with Gasteiger partial charge in [-0.1, -0.05) is 48.5 Å². The number of H-pyrrole nitrogens is 1. The molecule has 10 heteroatoms. The Balaban J connectivity index is 1.47. The van der Waals surface area contributed by atoms with E-state index in [9.17, 15) is 14.7 Å². The summed E-state index contributed by atoms with van der Waals surface area (Å²) in [6.45, 7) is 0.0770. The fourth-order valence-corrected chi connectivity index (χ4v) is 4.33. The normalized spacial score (nSPS) is 11.8. The molecule has 4 N–H and O–H groups in total. The SMILES string of the molecule is COc1cc(/C=N\NC(=O)[C@H](Cc2c[nH]c3ccccc23)NC(=O)OCc2ccccc2)cc(I)c1O. The van der Waals surface area contributed by atoms with Crippen LogP contribution in [0.4, 0.5) is 4.79 Å². The number of carbonyl (C=O) groups is 2. The molecular weight excluding hydrogens is 587 g/mol. The summed E-state index contributed by atoms with van der Waals surface area (Å²) in [6.07, 6.45) is 2.75. The minimum Gasteiger partial charge on any atom is -0.504 e. The molecule has 4 aromatic rings. The van der Waals surface area contributed by atoms with Crippen LogP contribution in [-0.2, 0) is 22.6 Å². The van der Waals surface area contributed by atoms with Crippen LogP contribution < -0.4 is 15.5 Å². The number of halogens is 1. The maximum atomic E-state index is 13.1. The van der Waals surface area contributed by atoms with Gasteiger partial charge in [0.15, 0.2) is 11.5 Å². The number of nitrogens with one attached hydrogen (secondary N) is 3. The van der Waals surface area contributed by atoms with Crippen molar-refractivity contribution < 1.29 is 24.2 Å². The summed E-state index contributed by atoms with van der Waals surface area (Å²) in [5.41, 5.74) is 5.72. The number of rotatable bonds is 9. The molecule has 0 aliphatic rings. The highest BCUT2D eigenvalue weighted by Crippen LogP contribution is 2.31. The number of carbonyl (C=O) groups excluding carboxylic acids is 2. The molecule has 0 saturated heterocycles. The van der Waals surface area contributed by atoms with Crippen LogP contribution in [0.3, 0.4) is 0 Å². The van der Waals surface area contributed by atoms with Crippen LogP contribution >= 0.6 is 22.6 Å². The Morgan fingerprint density at radius 1 is 1.14 bits per heavy atom. The number of benzene rings is 3. The lowest BCUT2D eigenvalue weighted by Gasteiger charge is -2.17. The number of phenols is 1. The van der Waals surface area contributed by atoms with Gasteiger partial charge in [-0.25, -0.2) is 10.2 Å². The van der Waals surface area contributed by atoms with Crippen molar-refractivity contribution in [2.75, 3.05) is 7.11 Å². The van der Waals surface area contributed by atoms with E-state index in [1.165, 1.54) is 13.3 Å². The number of alkyl carbamates (subject to hydrolysis) is 1. The molecule has 0 saturated carbocycles. The summed E-state index contributed by atoms with van der Waals surface area (Å²) < 4.78 is 11.1. The number of hydrogen-bond donors (Lipinski definition) is 4. The van der Waals surface area contributed by atoms with Crippen molar-refractivity contribution in [1.29, 1.82) is 0 Å². The highest BCUT2D eigenvalue weighted by molar-refractivity contribution is 14.1. The van der Waals surface area contributed by atoms with Gasteiger partial charge in [-0.05, 0) is 57.5 Å². The minimum absolute atomic E-state index is 0.0290. The van der Waals surface area contributed by atoms with Crippen molar-refractivity contribution >= 4 is 51.7 Å². The molecule has 190 valence electrons. The van der Waals surface area contributed by atoms with Gasteiger partial charge in [0, 0.05) is 23.5 Å². The van der Waals surface area contributed by atoms with E-state index in [1.807, 2.05) is 83.4 Å². The largest absolute Gasteiger partial charge is 0.504 e. The van der Waals surface area contributed by atoms with Crippen molar-refractivity contribution in [1.82, 2.24) is 15.7 Å². The molecule has 0 unspecified atom stereocenters. The molecule has 0 fully saturated rings. The number of ether oxygens (including phenoxy) is 2. The summed E-state index contributed by atoms with van der Waals surface area (Å²) in [7, 11) is 1.45. The predicted molar refractivity (Wildman–Crippen MR) is 149 cm³/mol. The highest BCUT2D eigenvalue weighted by atomic mass is 127. The smallest absolute Gasteiger partial charge is 0.408 e. The lowest BCUT2D eigenvalue weighted by Crippen LogP contribution is -2.47. The fourth-order valence-electron chi connectivity index (χ4n) is 3.71. The van der Waals surface area contributed by atoms with Crippen molar-refractivity contribution in [3.05, 3.63) is 93.2 Å². The van der Waals surface area contributed by atoms with E-state index in [2.05, 4.69) is 20.8 Å². The highest BCUT2D eigenvalue weighted by Gasteiger charge is 2.23. The number of phenolic OH excluding ortho intramolecular Hbond substituents is 1. The second-order valence-corrected chi connectivity index (χ2v) is 9.27. The van der Waals surface area contributed by atoms with E-state index in [4.69, 9.17) is 9.47 Å². The zero-order valence-corrected chi connectivity index (χ0v) is 22.1. The molecule has 0 spiro atoms. The number of aromatic amines is 1. The molecule has 0 aliphatic heterocycles. The average molecular weight is 612 g/mol. The molecule has 1 heterocycles. The van der Waals surface area contributed by atoms with E-state index in [0.717, 1.165) is 22.0 Å². The predicted octanol–water partition coefficient (Wildman–Crippen LogP) is 4.47. The summed E-state index contributed by atoms with van der Waals surface area (Å²) in [6, 6.07) is 19.3. The summed E-state index contributed by atoms with van der Waals surface area (Å²) in [5, 5.41) is 17.7. The number of hydrogen-bond acceptors (Lipinski definition) is 6. The molecule has 2 amide bonds. The van der Waals surface area contributed by atoms with E-state index in [1.54, 1.807) is 12.1 Å². The summed E-state index contributed by atoms with van der Waals surface area (Å²) >= 11 is 1.97. The van der Waals surface area contributed by atoms with Gasteiger partial charge in [0.1, 0.15) is 12.6 Å². The van der Waals surface area contributed by atoms with Gasteiger partial charge >= 0.3 is 6.09 Å². The van der Waals surface area contributed by atoms with Gasteiger partial charge in [-0.15, -0.1) is 0 Å². The third kappa shape index (κ3) is 6.79. The summed E-state index contributed by atoms with van der Waals surface area (Å²) in [5.74, 6) is -0.195. The third-order valence-electron chi connectivity index (χ3n) is 5.58. The molecular formula is C27H25IN4O5. The molecule has 9 nitrogen and oxygen atoms in total. The van der Waals surface area contributed by atoms with Crippen LogP contribution in [-0.4, -0.2) is 41.5 Å². The van der Waals surface area contributed by atoms with Crippen LogP contribution in [0.2, 0.25) is 0 Å². The number of aromatic hydroxyl groups is 1. The van der Waals surface area contributed by atoms with Crippen molar-refractivity contribution in [2.45, 2.75) is 19.1 Å². The second kappa shape index (κ2) is 12.3. The Morgan fingerprint density at radius 2 is 1.89 bits per heavy atom. The quantitative estimate of drug-likeness (QED) is 0.126. The van der Waals surface area contributed by atoms with Crippen LogP contribution in [0.15, 0.2) is 78.0 Å². The van der Waals surface area contributed by atoms with Gasteiger partial charge in [-0.3, -0.25) is 4.79 Å². The van der Waals surface area contributed by atoms with Gasteiger partial charge in [-0.2, -0.15) is 5.10 Å². The number of para-hydroxylation sites is 1. The van der Waals surface area contributed by atoms with Crippen molar-refractivity contribution in [3.8, 4) is 11.5 Å². The van der Waals surface area contributed by atoms with Crippen LogP contribution in [0, 0.1) is 3.57 Å². The van der Waals surface area contributed by atoms with Crippen molar-refractivity contribution in [2.24, 2.45) is 5.10 Å². The number of fused-ring (bicyclic) bond motifs is 1. The zero-order valence-electron chi connectivity index (χ0n) is 19.9. The molecule has 4 rings (SSSR count). The fraction of sp³-hybridized carbons (Fsp3) is 0.148. The van der Waals surface area contributed by atoms with E-state index in [0.29, 0.717) is 14.9 Å². The Bertz CT molecular complexity index is 1420. The first kappa shape index (κ1) is 26.0. The van der Waals surface area contributed by atoms with Gasteiger partial charge < -0.3 is 24.9 Å². The average Bonchev–Trinajstić information content (AvgIpc) is 3.32. The molecule has 0 aliphatic carbocycles. The lowest BCUT2D eigenvalue weighted by atomic mass is 10.0. The van der Waals surface area contributed by atoms with Crippen molar-refractivity contribution in [3.63, 3.8) is 0 Å². The van der Waals surface area contributed by atoms with Gasteiger partial charge in [0.2, 0.25) is 0 Å². The Kier molecular flexibility index (Phi) is 8.62. The Hall–Kier alpha value is -4.06.